The van der Waals surface area contributed by atoms with E-state index in [-0.39, 0.29) is 6.61 Å². The summed E-state index contributed by atoms with van der Waals surface area (Å²) in [5, 5.41) is 9.21. The molecule has 1 heterocycles. The predicted octanol–water partition coefficient (Wildman–Crippen LogP) is 2.17. The highest BCUT2D eigenvalue weighted by Gasteiger charge is 2.22. The van der Waals surface area contributed by atoms with Gasteiger partial charge in [0.2, 0.25) is 0 Å². The molecule has 0 unspecified atom stereocenters. The van der Waals surface area contributed by atoms with Crippen molar-refractivity contribution in [1.29, 1.82) is 0 Å². The van der Waals surface area contributed by atoms with Crippen LogP contribution in [-0.2, 0) is 5.41 Å². The summed E-state index contributed by atoms with van der Waals surface area (Å²) in [5.74, 6) is 1.95. The fourth-order valence-corrected chi connectivity index (χ4v) is 1.22. The molecule has 0 spiro atoms. The molecule has 1 rings (SSSR count). The number of hydrogen-bond acceptors (Lipinski definition) is 4. The Hall–Kier alpha value is -1.16. The maximum atomic E-state index is 9.21. The summed E-state index contributed by atoms with van der Waals surface area (Å²) < 4.78 is 5.53. The molecule has 0 aliphatic heterocycles. The van der Waals surface area contributed by atoms with Gasteiger partial charge in [-0.25, -0.2) is 9.97 Å². The maximum absolute atomic E-state index is 9.21. The van der Waals surface area contributed by atoms with Crippen molar-refractivity contribution in [3.63, 3.8) is 0 Å². The van der Waals surface area contributed by atoms with Gasteiger partial charge >= 0.3 is 0 Å². The molecule has 96 valence electrons. The summed E-state index contributed by atoms with van der Waals surface area (Å²) in [5.41, 5.74) is -0.406. The van der Waals surface area contributed by atoms with Gasteiger partial charge in [0.15, 0.2) is 5.75 Å². The van der Waals surface area contributed by atoms with Crippen LogP contribution in [-0.4, -0.2) is 28.3 Å². The summed E-state index contributed by atoms with van der Waals surface area (Å²) in [6.07, 6.45) is 4.35. The Kier molecular flexibility index (Phi) is 4.87. The minimum absolute atomic E-state index is 0.0283. The van der Waals surface area contributed by atoms with Crippen LogP contribution in [0.3, 0.4) is 0 Å². The first kappa shape index (κ1) is 13.9. The third-order valence-corrected chi connectivity index (χ3v) is 2.59. The molecular formula is C13H22N2O2. The number of ether oxygens (including phenoxy) is 1. The molecule has 17 heavy (non-hydrogen) atoms. The van der Waals surface area contributed by atoms with Crippen molar-refractivity contribution in [1.82, 2.24) is 9.97 Å². The van der Waals surface area contributed by atoms with Crippen LogP contribution < -0.4 is 4.74 Å². The normalized spacial score (nSPS) is 11.9. The van der Waals surface area contributed by atoms with E-state index in [1.54, 1.807) is 12.4 Å². The minimum Gasteiger partial charge on any atom is -0.490 e. The lowest BCUT2D eigenvalue weighted by atomic mass is 9.94. The van der Waals surface area contributed by atoms with E-state index in [4.69, 9.17) is 4.74 Å². The second kappa shape index (κ2) is 5.96. The van der Waals surface area contributed by atoms with Crippen LogP contribution in [0.5, 0.6) is 5.75 Å². The zero-order chi connectivity index (χ0) is 12.9. The zero-order valence-corrected chi connectivity index (χ0v) is 11.1. The van der Waals surface area contributed by atoms with Crippen LogP contribution in [0.4, 0.5) is 0 Å². The fraction of sp³-hybridized carbons (Fsp3) is 0.692. The van der Waals surface area contributed by atoms with Crippen molar-refractivity contribution in [3.8, 4) is 5.75 Å². The molecule has 1 aromatic rings. The molecule has 0 saturated carbocycles. The van der Waals surface area contributed by atoms with Crippen LogP contribution in [0.1, 0.15) is 39.9 Å². The molecular weight excluding hydrogens is 216 g/mol. The van der Waals surface area contributed by atoms with Crippen LogP contribution >= 0.6 is 0 Å². The number of nitrogens with zero attached hydrogens (tertiary/aromatic N) is 2. The molecule has 1 aromatic heterocycles. The lowest BCUT2D eigenvalue weighted by molar-refractivity contribution is 0.211. The molecule has 0 aliphatic carbocycles. The molecule has 4 nitrogen and oxygen atoms in total. The highest BCUT2D eigenvalue weighted by atomic mass is 16.5. The van der Waals surface area contributed by atoms with E-state index in [1.807, 2.05) is 13.8 Å². The van der Waals surface area contributed by atoms with Crippen molar-refractivity contribution in [2.45, 2.75) is 39.5 Å². The second-order valence-corrected chi connectivity index (χ2v) is 5.32. The van der Waals surface area contributed by atoms with Crippen molar-refractivity contribution in [2.75, 3.05) is 13.2 Å². The largest absolute Gasteiger partial charge is 0.490 e. The van der Waals surface area contributed by atoms with Crippen molar-refractivity contribution < 1.29 is 9.84 Å². The van der Waals surface area contributed by atoms with Gasteiger partial charge in [0.1, 0.15) is 5.82 Å². The lowest BCUT2D eigenvalue weighted by Crippen LogP contribution is -2.25. The molecule has 4 heteroatoms. The molecule has 0 amide bonds. The number of rotatable bonds is 6. The number of aliphatic hydroxyl groups is 1. The van der Waals surface area contributed by atoms with Gasteiger partial charge in [-0.1, -0.05) is 27.7 Å². The molecule has 0 fully saturated rings. The molecule has 0 atom stereocenters. The van der Waals surface area contributed by atoms with E-state index >= 15 is 0 Å². The van der Waals surface area contributed by atoms with E-state index in [0.717, 1.165) is 6.42 Å². The average molecular weight is 238 g/mol. The van der Waals surface area contributed by atoms with Gasteiger partial charge in [-0.05, 0) is 12.3 Å². The van der Waals surface area contributed by atoms with Gasteiger partial charge in [0.05, 0.1) is 25.6 Å². The van der Waals surface area contributed by atoms with Crippen molar-refractivity contribution in [2.24, 2.45) is 5.92 Å². The van der Waals surface area contributed by atoms with Gasteiger partial charge < -0.3 is 9.84 Å². The summed E-state index contributed by atoms with van der Waals surface area (Å²) in [6.45, 7) is 8.84. The summed E-state index contributed by atoms with van der Waals surface area (Å²) in [6, 6.07) is 0. The van der Waals surface area contributed by atoms with E-state index in [9.17, 15) is 5.11 Å². The van der Waals surface area contributed by atoms with Gasteiger partial charge in [0, 0.05) is 5.41 Å². The minimum atomic E-state index is -0.406. The lowest BCUT2D eigenvalue weighted by Gasteiger charge is -2.19. The van der Waals surface area contributed by atoms with Crippen LogP contribution in [0.15, 0.2) is 12.4 Å². The maximum Gasteiger partial charge on any atom is 0.155 e. The highest BCUT2D eigenvalue weighted by Crippen LogP contribution is 2.19. The first-order valence-corrected chi connectivity index (χ1v) is 6.02. The highest BCUT2D eigenvalue weighted by molar-refractivity contribution is 5.15. The number of aliphatic hydroxyl groups excluding tert-OH is 1. The van der Waals surface area contributed by atoms with Crippen LogP contribution in [0.2, 0.25) is 0 Å². The van der Waals surface area contributed by atoms with Crippen molar-refractivity contribution >= 4 is 0 Å². The Bertz CT molecular complexity index is 334. The Morgan fingerprint density at radius 1 is 1.29 bits per heavy atom. The van der Waals surface area contributed by atoms with Crippen LogP contribution in [0.25, 0.3) is 0 Å². The first-order chi connectivity index (χ1) is 7.95. The Labute approximate surface area is 103 Å². The summed E-state index contributed by atoms with van der Waals surface area (Å²) in [7, 11) is 0. The summed E-state index contributed by atoms with van der Waals surface area (Å²) in [4.78, 5) is 8.45. The predicted molar refractivity (Wildman–Crippen MR) is 67.1 cm³/mol. The molecule has 0 bridgehead atoms. The van der Waals surface area contributed by atoms with E-state index in [1.165, 1.54) is 0 Å². The SMILES string of the molecule is CC(C)CCOc1cnc(C(C)(C)CO)nc1. The van der Waals surface area contributed by atoms with E-state index in [0.29, 0.717) is 24.1 Å². The zero-order valence-electron chi connectivity index (χ0n) is 11.1. The molecule has 0 aliphatic rings. The average Bonchev–Trinajstić information content (AvgIpc) is 2.29. The monoisotopic (exact) mass is 238 g/mol. The standard InChI is InChI=1S/C13H22N2O2/c1-10(2)5-6-17-11-7-14-12(15-8-11)13(3,4)9-16/h7-8,10,16H,5-6,9H2,1-4H3. The molecule has 0 aromatic carbocycles. The third kappa shape index (κ3) is 4.30. The number of aromatic nitrogens is 2. The van der Waals surface area contributed by atoms with Crippen molar-refractivity contribution in [3.05, 3.63) is 18.2 Å². The third-order valence-electron chi connectivity index (χ3n) is 2.59. The second-order valence-electron chi connectivity index (χ2n) is 5.32. The smallest absolute Gasteiger partial charge is 0.155 e. The molecule has 0 saturated heterocycles. The number of hydrogen-bond donors (Lipinski definition) is 1. The quantitative estimate of drug-likeness (QED) is 0.825. The Morgan fingerprint density at radius 2 is 1.88 bits per heavy atom. The fourth-order valence-electron chi connectivity index (χ4n) is 1.22. The molecule has 0 radical (unpaired) electrons. The van der Waals surface area contributed by atoms with E-state index in [2.05, 4.69) is 23.8 Å². The summed E-state index contributed by atoms with van der Waals surface area (Å²) >= 11 is 0. The first-order valence-electron chi connectivity index (χ1n) is 6.02. The Balaban J connectivity index is 2.56. The van der Waals surface area contributed by atoms with E-state index < -0.39 is 5.41 Å². The van der Waals surface area contributed by atoms with Gasteiger partial charge in [0.25, 0.3) is 0 Å². The van der Waals surface area contributed by atoms with Gasteiger partial charge in [-0.3, -0.25) is 0 Å². The van der Waals surface area contributed by atoms with Crippen LogP contribution in [0, 0.1) is 5.92 Å². The van der Waals surface area contributed by atoms with Gasteiger partial charge in [-0.2, -0.15) is 0 Å². The topological polar surface area (TPSA) is 55.2 Å². The Morgan fingerprint density at radius 3 is 2.35 bits per heavy atom. The molecule has 1 N–H and O–H groups in total. The van der Waals surface area contributed by atoms with Gasteiger partial charge in [-0.15, -0.1) is 0 Å².